The molecule has 4 aromatic rings. The number of hydrogen-bond donors (Lipinski definition) is 0. The van der Waals surface area contributed by atoms with Gasteiger partial charge in [-0.05, 0) is 63.6 Å². The summed E-state index contributed by atoms with van der Waals surface area (Å²) in [6, 6.07) is 26.5. The van der Waals surface area contributed by atoms with E-state index in [0.29, 0.717) is 31.7 Å². The van der Waals surface area contributed by atoms with E-state index in [1.165, 1.54) is 11.3 Å². The standard InChI is InChI=1S/C39H47N5O3/c1-5-6-22-41-23-14-20-30-19-13-21-33(35(30)41)44-28-40-34(36(44)31-17-11-8-12-18-31)37(45)43-25-24-42(38(46)47-39(2,3)4)27-32(43)26-29-15-9-7-10-16-29/h7-13,15-19,21,28,32H,5-6,14,20,22-27H2,1-4H3/t32-/m1/s1. The average molecular weight is 634 g/mol. The summed E-state index contributed by atoms with van der Waals surface area (Å²) in [5, 5.41) is 0. The molecule has 0 spiro atoms. The molecule has 3 heterocycles. The zero-order chi connectivity index (χ0) is 33.0. The van der Waals surface area contributed by atoms with Crippen LogP contribution in [0.2, 0.25) is 0 Å². The smallest absolute Gasteiger partial charge is 0.410 e. The molecule has 1 atom stereocenters. The van der Waals surface area contributed by atoms with Crippen LogP contribution in [0.25, 0.3) is 16.9 Å². The largest absolute Gasteiger partial charge is 0.444 e. The van der Waals surface area contributed by atoms with Crippen molar-refractivity contribution in [1.29, 1.82) is 0 Å². The van der Waals surface area contributed by atoms with Crippen LogP contribution in [0.1, 0.15) is 68.6 Å². The van der Waals surface area contributed by atoms with E-state index in [1.54, 1.807) is 4.90 Å². The molecule has 0 bridgehead atoms. The number of carbonyl (C=O) groups excluding carboxylic acids is 2. The minimum Gasteiger partial charge on any atom is -0.444 e. The lowest BCUT2D eigenvalue weighted by molar-refractivity contribution is 0.00429. The van der Waals surface area contributed by atoms with Gasteiger partial charge in [-0.25, -0.2) is 9.78 Å². The molecule has 2 aliphatic rings. The Morgan fingerprint density at radius 2 is 1.66 bits per heavy atom. The van der Waals surface area contributed by atoms with E-state index in [1.807, 2.05) is 68.4 Å². The summed E-state index contributed by atoms with van der Waals surface area (Å²) < 4.78 is 7.85. The van der Waals surface area contributed by atoms with Crippen LogP contribution in [0.15, 0.2) is 85.2 Å². The summed E-state index contributed by atoms with van der Waals surface area (Å²) in [6.07, 6.45) is 6.53. The number of imidazole rings is 1. The third-order valence-electron chi connectivity index (χ3n) is 9.06. The number of piperazine rings is 1. The maximum atomic E-state index is 14.7. The molecule has 2 aliphatic heterocycles. The van der Waals surface area contributed by atoms with Gasteiger partial charge >= 0.3 is 6.09 Å². The van der Waals surface area contributed by atoms with E-state index in [4.69, 9.17) is 9.72 Å². The fourth-order valence-corrected chi connectivity index (χ4v) is 6.86. The molecular weight excluding hydrogens is 586 g/mol. The average Bonchev–Trinajstić information content (AvgIpc) is 3.52. The van der Waals surface area contributed by atoms with Crippen molar-refractivity contribution in [3.63, 3.8) is 0 Å². The van der Waals surface area contributed by atoms with Gasteiger partial charge in [0.15, 0.2) is 5.69 Å². The number of unbranched alkanes of at least 4 members (excludes halogenated alkanes) is 1. The lowest BCUT2D eigenvalue weighted by atomic mass is 9.99. The fourth-order valence-electron chi connectivity index (χ4n) is 6.86. The number of amides is 2. The van der Waals surface area contributed by atoms with Crippen molar-refractivity contribution >= 4 is 17.7 Å². The van der Waals surface area contributed by atoms with Gasteiger partial charge in [0.2, 0.25) is 0 Å². The number of aromatic nitrogens is 2. The molecule has 2 amide bonds. The summed E-state index contributed by atoms with van der Waals surface area (Å²) in [5.74, 6) is -0.125. The number of ether oxygens (including phenoxy) is 1. The van der Waals surface area contributed by atoms with Crippen molar-refractivity contribution in [1.82, 2.24) is 19.4 Å². The molecule has 0 radical (unpaired) electrons. The molecule has 8 heteroatoms. The highest BCUT2D eigenvalue weighted by molar-refractivity contribution is 5.99. The lowest BCUT2D eigenvalue weighted by Gasteiger charge is -2.41. The van der Waals surface area contributed by atoms with Crippen molar-refractivity contribution in [2.45, 2.75) is 71.4 Å². The van der Waals surface area contributed by atoms with Gasteiger partial charge in [-0.3, -0.25) is 9.36 Å². The van der Waals surface area contributed by atoms with E-state index < -0.39 is 5.60 Å². The molecular formula is C39H47N5O3. The van der Waals surface area contributed by atoms with Crippen molar-refractivity contribution in [2.75, 3.05) is 37.6 Å². The number of hydrogen-bond acceptors (Lipinski definition) is 5. The third kappa shape index (κ3) is 7.22. The van der Waals surface area contributed by atoms with Crippen LogP contribution in [0.3, 0.4) is 0 Å². The van der Waals surface area contributed by atoms with Gasteiger partial charge in [0.05, 0.1) is 23.1 Å². The second kappa shape index (κ2) is 14.0. The highest BCUT2D eigenvalue weighted by atomic mass is 16.6. The highest BCUT2D eigenvalue weighted by Crippen LogP contribution is 2.37. The number of fused-ring (bicyclic) bond motifs is 1. The number of nitrogens with zero attached hydrogens (tertiary/aromatic N) is 5. The summed E-state index contributed by atoms with van der Waals surface area (Å²) in [5.41, 5.74) is 6.30. The van der Waals surface area contributed by atoms with E-state index in [0.717, 1.165) is 61.3 Å². The Kier molecular flexibility index (Phi) is 9.66. The van der Waals surface area contributed by atoms with Gasteiger partial charge in [0.25, 0.3) is 5.91 Å². The van der Waals surface area contributed by atoms with Crippen molar-refractivity contribution in [3.05, 3.63) is 102 Å². The Labute approximate surface area is 279 Å². The first-order chi connectivity index (χ1) is 22.7. The van der Waals surface area contributed by atoms with E-state index in [-0.39, 0.29) is 18.0 Å². The number of carbonyl (C=O) groups is 2. The number of para-hydroxylation sites is 1. The molecule has 47 heavy (non-hydrogen) atoms. The molecule has 0 saturated carbocycles. The minimum atomic E-state index is -0.598. The Bertz CT molecular complexity index is 1680. The van der Waals surface area contributed by atoms with Gasteiger partial charge in [0, 0.05) is 38.3 Å². The Hall–Kier alpha value is -4.59. The SMILES string of the molecule is CCCCN1CCCc2cccc(-n3cnc(C(=O)N4CCN(C(=O)OC(C)(C)C)C[C@H]4Cc4ccccc4)c3-c3ccccc3)c21. The van der Waals surface area contributed by atoms with Crippen molar-refractivity contribution in [3.8, 4) is 16.9 Å². The Morgan fingerprint density at radius 3 is 2.38 bits per heavy atom. The van der Waals surface area contributed by atoms with Crippen LogP contribution in [0.5, 0.6) is 0 Å². The first-order valence-electron chi connectivity index (χ1n) is 17.1. The molecule has 246 valence electrons. The van der Waals surface area contributed by atoms with E-state index in [9.17, 15) is 9.59 Å². The van der Waals surface area contributed by atoms with Gasteiger partial charge in [0.1, 0.15) is 11.9 Å². The van der Waals surface area contributed by atoms with Crippen molar-refractivity contribution < 1.29 is 14.3 Å². The molecule has 1 saturated heterocycles. The molecule has 6 rings (SSSR count). The van der Waals surface area contributed by atoms with Gasteiger partial charge in [-0.15, -0.1) is 0 Å². The maximum absolute atomic E-state index is 14.7. The van der Waals surface area contributed by atoms with Crippen LogP contribution in [-0.2, 0) is 17.6 Å². The topological polar surface area (TPSA) is 70.9 Å². The first kappa shape index (κ1) is 32.4. The quantitative estimate of drug-likeness (QED) is 0.202. The predicted octanol–water partition coefficient (Wildman–Crippen LogP) is 7.40. The predicted molar refractivity (Wildman–Crippen MR) is 187 cm³/mol. The van der Waals surface area contributed by atoms with Crippen molar-refractivity contribution in [2.24, 2.45) is 0 Å². The first-order valence-corrected chi connectivity index (χ1v) is 17.1. The number of rotatable bonds is 8. The second-order valence-corrected chi connectivity index (χ2v) is 13.7. The number of benzene rings is 3. The van der Waals surface area contributed by atoms with Crippen LogP contribution < -0.4 is 4.90 Å². The summed E-state index contributed by atoms with van der Waals surface area (Å²) in [6.45, 7) is 11.1. The molecule has 1 aromatic heterocycles. The number of anilines is 1. The Balaban J connectivity index is 1.40. The fraction of sp³-hybridized carbons (Fsp3) is 0.410. The van der Waals surface area contributed by atoms with E-state index >= 15 is 0 Å². The van der Waals surface area contributed by atoms with Gasteiger partial charge < -0.3 is 19.4 Å². The molecule has 0 unspecified atom stereocenters. The number of aryl methyl sites for hydroxylation is 1. The maximum Gasteiger partial charge on any atom is 0.410 e. The third-order valence-corrected chi connectivity index (χ3v) is 9.06. The zero-order valence-corrected chi connectivity index (χ0v) is 28.2. The molecule has 1 fully saturated rings. The monoisotopic (exact) mass is 633 g/mol. The summed E-state index contributed by atoms with van der Waals surface area (Å²) in [7, 11) is 0. The highest BCUT2D eigenvalue weighted by Gasteiger charge is 2.37. The van der Waals surface area contributed by atoms with Gasteiger partial charge in [-0.1, -0.05) is 86.1 Å². The normalized spacial score (nSPS) is 16.6. The Morgan fingerprint density at radius 1 is 0.915 bits per heavy atom. The molecule has 8 nitrogen and oxygen atoms in total. The van der Waals surface area contributed by atoms with Crippen LogP contribution in [0.4, 0.5) is 10.5 Å². The molecule has 3 aromatic carbocycles. The van der Waals surface area contributed by atoms with Crippen LogP contribution in [0, 0.1) is 0 Å². The summed E-state index contributed by atoms with van der Waals surface area (Å²) >= 11 is 0. The lowest BCUT2D eigenvalue weighted by Crippen LogP contribution is -2.58. The van der Waals surface area contributed by atoms with Crippen LogP contribution in [-0.4, -0.2) is 75.7 Å². The van der Waals surface area contributed by atoms with Gasteiger partial charge in [-0.2, -0.15) is 0 Å². The molecule has 0 aliphatic carbocycles. The summed E-state index contributed by atoms with van der Waals surface area (Å²) in [4.78, 5) is 38.9. The van der Waals surface area contributed by atoms with Crippen LogP contribution >= 0.6 is 0 Å². The minimum absolute atomic E-state index is 0.125. The molecule has 0 N–H and O–H groups in total. The second-order valence-electron chi connectivity index (χ2n) is 13.7. The van der Waals surface area contributed by atoms with E-state index in [2.05, 4.69) is 58.9 Å². The zero-order valence-electron chi connectivity index (χ0n) is 28.2.